The Hall–Kier alpha value is 0.0500. The van der Waals surface area contributed by atoms with E-state index in [2.05, 4.69) is 6.58 Å². The minimum absolute atomic E-state index is 0.410. The zero-order valence-electron chi connectivity index (χ0n) is 5.47. The van der Waals surface area contributed by atoms with Crippen LogP contribution in [0.4, 0.5) is 0 Å². The predicted molar refractivity (Wildman–Crippen MR) is 41.7 cm³/mol. The Bertz CT molecular complexity index is 105. The fourth-order valence-corrected chi connectivity index (χ4v) is 2.34. The molecule has 0 saturated carbocycles. The van der Waals surface area contributed by atoms with Gasteiger partial charge in [0.1, 0.15) is 0 Å². The lowest BCUT2D eigenvalue weighted by Crippen LogP contribution is -2.26. The monoisotopic (exact) mass is 144 g/mol. The molecule has 9 heavy (non-hydrogen) atoms. The summed E-state index contributed by atoms with van der Waals surface area (Å²) in [6, 6.07) is 0. The SMILES string of the molecule is C=CCC1(O)CCSC1. The highest BCUT2D eigenvalue weighted by Crippen LogP contribution is 2.30. The van der Waals surface area contributed by atoms with Crippen molar-refractivity contribution < 1.29 is 5.11 Å². The molecule has 0 aliphatic carbocycles. The lowest BCUT2D eigenvalue weighted by Gasteiger charge is -2.17. The lowest BCUT2D eigenvalue weighted by molar-refractivity contribution is 0.0716. The Morgan fingerprint density at radius 1 is 1.78 bits per heavy atom. The van der Waals surface area contributed by atoms with E-state index in [4.69, 9.17) is 0 Å². The van der Waals surface area contributed by atoms with Crippen molar-refractivity contribution in [1.82, 2.24) is 0 Å². The highest BCUT2D eigenvalue weighted by molar-refractivity contribution is 7.99. The third kappa shape index (κ3) is 1.73. The van der Waals surface area contributed by atoms with Crippen LogP contribution in [0, 0.1) is 0 Å². The lowest BCUT2D eigenvalue weighted by atomic mass is 10.00. The van der Waals surface area contributed by atoms with Gasteiger partial charge in [-0.05, 0) is 18.6 Å². The van der Waals surface area contributed by atoms with Crippen LogP contribution in [0.3, 0.4) is 0 Å². The second-order valence-corrected chi connectivity index (χ2v) is 3.62. The fourth-order valence-electron chi connectivity index (χ4n) is 1.03. The molecular formula is C7H12OS. The van der Waals surface area contributed by atoms with Crippen molar-refractivity contribution in [2.45, 2.75) is 18.4 Å². The van der Waals surface area contributed by atoms with Crippen LogP contribution in [0.1, 0.15) is 12.8 Å². The van der Waals surface area contributed by atoms with Crippen molar-refractivity contribution in [3.05, 3.63) is 12.7 Å². The molecule has 0 aromatic heterocycles. The summed E-state index contributed by atoms with van der Waals surface area (Å²) in [6.07, 6.45) is 3.48. The molecule has 1 unspecified atom stereocenters. The highest BCUT2D eigenvalue weighted by Gasteiger charge is 2.29. The van der Waals surface area contributed by atoms with E-state index < -0.39 is 5.60 Å². The summed E-state index contributed by atoms with van der Waals surface area (Å²) in [5.41, 5.74) is -0.410. The molecule has 2 heteroatoms. The molecule has 0 aromatic rings. The van der Waals surface area contributed by atoms with Gasteiger partial charge in [0.25, 0.3) is 0 Å². The molecule has 0 radical (unpaired) electrons. The first-order valence-corrected chi connectivity index (χ1v) is 4.33. The van der Waals surface area contributed by atoms with Crippen LogP contribution in [0.5, 0.6) is 0 Å². The molecule has 0 aromatic carbocycles. The summed E-state index contributed by atoms with van der Waals surface area (Å²) in [7, 11) is 0. The normalized spacial score (nSPS) is 34.8. The van der Waals surface area contributed by atoms with Gasteiger partial charge in [0, 0.05) is 5.75 Å². The van der Waals surface area contributed by atoms with Crippen molar-refractivity contribution in [1.29, 1.82) is 0 Å². The van der Waals surface area contributed by atoms with Crippen LogP contribution in [0.2, 0.25) is 0 Å². The summed E-state index contributed by atoms with van der Waals surface area (Å²) < 4.78 is 0. The van der Waals surface area contributed by atoms with Crippen LogP contribution < -0.4 is 0 Å². The number of thioether (sulfide) groups is 1. The topological polar surface area (TPSA) is 20.2 Å². The first-order valence-electron chi connectivity index (χ1n) is 3.18. The van der Waals surface area contributed by atoms with E-state index in [1.807, 2.05) is 11.8 Å². The number of hydrogen-bond acceptors (Lipinski definition) is 2. The fraction of sp³-hybridized carbons (Fsp3) is 0.714. The summed E-state index contributed by atoms with van der Waals surface area (Å²) in [5.74, 6) is 1.99. The summed E-state index contributed by atoms with van der Waals surface area (Å²) in [5, 5.41) is 9.60. The van der Waals surface area contributed by atoms with E-state index in [1.54, 1.807) is 6.08 Å². The molecule has 1 rings (SSSR count). The van der Waals surface area contributed by atoms with Crippen LogP contribution in [0.15, 0.2) is 12.7 Å². The average Bonchev–Trinajstić information content (AvgIpc) is 2.16. The maximum Gasteiger partial charge on any atom is 0.0779 e. The van der Waals surface area contributed by atoms with Gasteiger partial charge in [-0.15, -0.1) is 6.58 Å². The molecule has 52 valence electrons. The van der Waals surface area contributed by atoms with E-state index in [0.717, 1.165) is 24.3 Å². The van der Waals surface area contributed by atoms with Gasteiger partial charge in [-0.1, -0.05) is 6.08 Å². The maximum absolute atomic E-state index is 9.60. The molecule has 1 aliphatic heterocycles. The third-order valence-electron chi connectivity index (χ3n) is 1.61. The van der Waals surface area contributed by atoms with Gasteiger partial charge in [0.15, 0.2) is 0 Å². The quantitative estimate of drug-likeness (QED) is 0.592. The predicted octanol–water partition coefficient (Wildman–Crippen LogP) is 1.43. The standard InChI is InChI=1S/C7H12OS/c1-2-3-7(8)4-5-9-6-7/h2,8H,1,3-6H2. The van der Waals surface area contributed by atoms with Crippen LogP contribution in [0.25, 0.3) is 0 Å². The molecule has 1 N–H and O–H groups in total. The van der Waals surface area contributed by atoms with Gasteiger partial charge in [-0.2, -0.15) is 11.8 Å². The van der Waals surface area contributed by atoms with Crippen molar-refractivity contribution in [3.63, 3.8) is 0 Å². The average molecular weight is 144 g/mol. The number of hydrogen-bond donors (Lipinski definition) is 1. The summed E-state index contributed by atoms with van der Waals surface area (Å²) in [6.45, 7) is 3.60. The Morgan fingerprint density at radius 2 is 2.56 bits per heavy atom. The van der Waals surface area contributed by atoms with Gasteiger partial charge in [-0.25, -0.2) is 0 Å². The van der Waals surface area contributed by atoms with E-state index >= 15 is 0 Å². The van der Waals surface area contributed by atoms with Gasteiger partial charge in [-0.3, -0.25) is 0 Å². The largest absolute Gasteiger partial charge is 0.389 e. The van der Waals surface area contributed by atoms with Crippen molar-refractivity contribution >= 4 is 11.8 Å². The van der Waals surface area contributed by atoms with Crippen molar-refractivity contribution in [3.8, 4) is 0 Å². The molecule has 1 heterocycles. The number of aliphatic hydroxyl groups is 1. The molecular weight excluding hydrogens is 132 g/mol. The zero-order valence-corrected chi connectivity index (χ0v) is 6.28. The second-order valence-electron chi connectivity index (χ2n) is 2.52. The molecule has 1 fully saturated rings. The molecule has 1 saturated heterocycles. The van der Waals surface area contributed by atoms with Gasteiger partial charge in [0.2, 0.25) is 0 Å². The first kappa shape index (κ1) is 7.16. The van der Waals surface area contributed by atoms with Gasteiger partial charge < -0.3 is 5.11 Å². The van der Waals surface area contributed by atoms with Crippen molar-refractivity contribution in [2.24, 2.45) is 0 Å². The molecule has 0 amide bonds. The molecule has 0 spiro atoms. The van der Waals surface area contributed by atoms with Gasteiger partial charge in [0.05, 0.1) is 5.60 Å². The van der Waals surface area contributed by atoms with Crippen LogP contribution >= 0.6 is 11.8 Å². The van der Waals surface area contributed by atoms with E-state index in [1.165, 1.54) is 0 Å². The molecule has 1 nitrogen and oxygen atoms in total. The van der Waals surface area contributed by atoms with E-state index in [-0.39, 0.29) is 0 Å². The Morgan fingerprint density at radius 3 is 3.00 bits per heavy atom. The zero-order chi connectivity index (χ0) is 6.74. The Balaban J connectivity index is 2.40. The summed E-state index contributed by atoms with van der Waals surface area (Å²) >= 11 is 1.82. The van der Waals surface area contributed by atoms with E-state index in [0.29, 0.717) is 0 Å². The number of rotatable bonds is 2. The van der Waals surface area contributed by atoms with Crippen molar-refractivity contribution in [2.75, 3.05) is 11.5 Å². The minimum Gasteiger partial charge on any atom is -0.389 e. The van der Waals surface area contributed by atoms with E-state index in [9.17, 15) is 5.11 Å². The third-order valence-corrected chi connectivity index (χ3v) is 2.84. The maximum atomic E-state index is 9.60. The summed E-state index contributed by atoms with van der Waals surface area (Å²) in [4.78, 5) is 0. The molecule has 1 aliphatic rings. The molecule has 0 bridgehead atoms. The Kier molecular flexibility index (Phi) is 2.19. The van der Waals surface area contributed by atoms with Gasteiger partial charge >= 0.3 is 0 Å². The van der Waals surface area contributed by atoms with Crippen LogP contribution in [-0.2, 0) is 0 Å². The highest BCUT2D eigenvalue weighted by atomic mass is 32.2. The van der Waals surface area contributed by atoms with Crippen LogP contribution in [-0.4, -0.2) is 22.2 Å². The smallest absolute Gasteiger partial charge is 0.0779 e. The first-order chi connectivity index (χ1) is 4.27. The minimum atomic E-state index is -0.410. The Labute approximate surface area is 60.2 Å². The molecule has 1 atom stereocenters. The second kappa shape index (κ2) is 2.76.